The largest absolute Gasteiger partial charge is 0.351 e. The Balaban J connectivity index is 2.59. The first kappa shape index (κ1) is 13.3. The predicted octanol–water partition coefficient (Wildman–Crippen LogP) is 4.58. The topological polar surface area (TPSA) is 4.93 Å². The summed E-state index contributed by atoms with van der Waals surface area (Å²) in [5.74, 6) is 0. The first-order valence-corrected chi connectivity index (χ1v) is 6.99. The van der Waals surface area contributed by atoms with Crippen LogP contribution < -0.4 is 0 Å². The first-order chi connectivity index (χ1) is 7.81. The number of aryl methyl sites for hydroxylation is 3. The molecular formula is C15H27N. The molecule has 0 unspecified atom stereocenters. The third-order valence-corrected chi connectivity index (χ3v) is 3.24. The van der Waals surface area contributed by atoms with Gasteiger partial charge in [0.15, 0.2) is 0 Å². The van der Waals surface area contributed by atoms with Crippen molar-refractivity contribution in [3.05, 3.63) is 23.5 Å². The van der Waals surface area contributed by atoms with Gasteiger partial charge in [-0.05, 0) is 37.3 Å². The van der Waals surface area contributed by atoms with E-state index in [4.69, 9.17) is 0 Å². The number of rotatable bonds is 8. The maximum Gasteiger partial charge on any atom is 0.0222 e. The molecule has 0 radical (unpaired) electrons. The standard InChI is InChI=1S/C15H27N/c1-4-7-9-10-15-12-14(6-3)13-16(15)11-8-5-2/h12-13H,4-11H2,1-3H3. The van der Waals surface area contributed by atoms with Gasteiger partial charge in [0.1, 0.15) is 0 Å². The van der Waals surface area contributed by atoms with E-state index < -0.39 is 0 Å². The molecule has 0 saturated carbocycles. The second-order valence-corrected chi connectivity index (χ2v) is 4.70. The van der Waals surface area contributed by atoms with Crippen LogP contribution in [0.25, 0.3) is 0 Å². The van der Waals surface area contributed by atoms with Gasteiger partial charge in [-0.25, -0.2) is 0 Å². The summed E-state index contributed by atoms with van der Waals surface area (Å²) in [5.41, 5.74) is 3.06. The highest BCUT2D eigenvalue weighted by Gasteiger charge is 2.04. The molecule has 0 aliphatic carbocycles. The molecular weight excluding hydrogens is 194 g/mol. The van der Waals surface area contributed by atoms with Crippen LogP contribution in [0, 0.1) is 0 Å². The lowest BCUT2D eigenvalue weighted by molar-refractivity contribution is 0.594. The SMILES string of the molecule is CCCCCc1cc(CC)cn1CCCC. The Morgan fingerprint density at radius 2 is 1.75 bits per heavy atom. The number of aromatic nitrogens is 1. The van der Waals surface area contributed by atoms with Gasteiger partial charge < -0.3 is 4.57 Å². The minimum Gasteiger partial charge on any atom is -0.351 e. The third-order valence-electron chi connectivity index (χ3n) is 3.24. The van der Waals surface area contributed by atoms with Crippen molar-refractivity contribution in [3.8, 4) is 0 Å². The Morgan fingerprint density at radius 1 is 1.00 bits per heavy atom. The van der Waals surface area contributed by atoms with Crippen molar-refractivity contribution in [3.63, 3.8) is 0 Å². The van der Waals surface area contributed by atoms with E-state index in [0.717, 1.165) is 0 Å². The molecule has 1 aromatic heterocycles. The molecule has 0 spiro atoms. The highest BCUT2D eigenvalue weighted by atomic mass is 15.0. The fraction of sp³-hybridized carbons (Fsp3) is 0.733. The van der Waals surface area contributed by atoms with E-state index in [1.165, 1.54) is 57.1 Å². The second-order valence-electron chi connectivity index (χ2n) is 4.70. The number of nitrogens with zero attached hydrogens (tertiary/aromatic N) is 1. The molecule has 0 N–H and O–H groups in total. The van der Waals surface area contributed by atoms with Crippen molar-refractivity contribution in [2.75, 3.05) is 0 Å². The molecule has 0 aliphatic heterocycles. The first-order valence-electron chi connectivity index (χ1n) is 6.99. The van der Waals surface area contributed by atoms with Crippen LogP contribution in [-0.2, 0) is 19.4 Å². The van der Waals surface area contributed by atoms with Crippen LogP contribution in [0.2, 0.25) is 0 Å². The van der Waals surface area contributed by atoms with E-state index in [1.54, 1.807) is 5.69 Å². The van der Waals surface area contributed by atoms with Gasteiger partial charge >= 0.3 is 0 Å². The molecule has 0 amide bonds. The van der Waals surface area contributed by atoms with Gasteiger partial charge in [-0.3, -0.25) is 0 Å². The lowest BCUT2D eigenvalue weighted by Gasteiger charge is -2.07. The maximum atomic E-state index is 2.48. The molecule has 16 heavy (non-hydrogen) atoms. The Hall–Kier alpha value is -0.720. The van der Waals surface area contributed by atoms with Crippen molar-refractivity contribution in [2.45, 2.75) is 72.3 Å². The summed E-state index contributed by atoms with van der Waals surface area (Å²) in [6.45, 7) is 7.99. The summed E-state index contributed by atoms with van der Waals surface area (Å²) in [7, 11) is 0. The highest BCUT2D eigenvalue weighted by Crippen LogP contribution is 2.14. The van der Waals surface area contributed by atoms with Crippen LogP contribution in [-0.4, -0.2) is 4.57 Å². The zero-order chi connectivity index (χ0) is 11.8. The zero-order valence-corrected chi connectivity index (χ0v) is 11.3. The Kier molecular flexibility index (Phi) is 6.29. The summed E-state index contributed by atoms with van der Waals surface area (Å²) >= 11 is 0. The van der Waals surface area contributed by atoms with Crippen molar-refractivity contribution < 1.29 is 0 Å². The van der Waals surface area contributed by atoms with Gasteiger partial charge in [-0.1, -0.05) is 40.0 Å². The fourth-order valence-electron chi connectivity index (χ4n) is 2.12. The van der Waals surface area contributed by atoms with Crippen LogP contribution in [0.5, 0.6) is 0 Å². The van der Waals surface area contributed by atoms with E-state index in [9.17, 15) is 0 Å². The summed E-state index contributed by atoms with van der Waals surface area (Å²) in [4.78, 5) is 0. The van der Waals surface area contributed by atoms with Gasteiger partial charge in [0, 0.05) is 18.4 Å². The lowest BCUT2D eigenvalue weighted by atomic mass is 10.1. The molecule has 1 heteroatoms. The average Bonchev–Trinajstić information content (AvgIpc) is 2.69. The zero-order valence-electron chi connectivity index (χ0n) is 11.3. The smallest absolute Gasteiger partial charge is 0.0222 e. The van der Waals surface area contributed by atoms with E-state index in [1.807, 2.05) is 0 Å². The molecule has 1 heterocycles. The monoisotopic (exact) mass is 221 g/mol. The number of unbranched alkanes of at least 4 members (excludes halogenated alkanes) is 3. The van der Waals surface area contributed by atoms with E-state index in [2.05, 4.69) is 37.6 Å². The van der Waals surface area contributed by atoms with Crippen LogP contribution >= 0.6 is 0 Å². The van der Waals surface area contributed by atoms with Crippen molar-refractivity contribution in [1.29, 1.82) is 0 Å². The normalized spacial score (nSPS) is 10.9. The number of hydrogen-bond acceptors (Lipinski definition) is 0. The fourth-order valence-corrected chi connectivity index (χ4v) is 2.12. The molecule has 92 valence electrons. The minimum atomic E-state index is 1.17. The third kappa shape index (κ3) is 4.03. The highest BCUT2D eigenvalue weighted by molar-refractivity contribution is 5.19. The van der Waals surface area contributed by atoms with Gasteiger partial charge in [0.05, 0.1) is 0 Å². The van der Waals surface area contributed by atoms with Gasteiger partial charge in [0.25, 0.3) is 0 Å². The molecule has 0 fully saturated rings. The molecule has 0 aromatic carbocycles. The van der Waals surface area contributed by atoms with Gasteiger partial charge in [-0.15, -0.1) is 0 Å². The summed E-state index contributed by atoms with van der Waals surface area (Å²) < 4.78 is 2.48. The molecule has 1 aromatic rings. The Bertz CT molecular complexity index is 286. The van der Waals surface area contributed by atoms with E-state index >= 15 is 0 Å². The molecule has 0 bridgehead atoms. The summed E-state index contributed by atoms with van der Waals surface area (Å²) in [6, 6.07) is 2.41. The summed E-state index contributed by atoms with van der Waals surface area (Å²) in [5, 5.41) is 0. The Morgan fingerprint density at radius 3 is 2.38 bits per heavy atom. The summed E-state index contributed by atoms with van der Waals surface area (Å²) in [6.07, 6.45) is 11.4. The van der Waals surface area contributed by atoms with Gasteiger partial charge in [-0.2, -0.15) is 0 Å². The van der Waals surface area contributed by atoms with Crippen molar-refractivity contribution in [2.24, 2.45) is 0 Å². The molecule has 0 atom stereocenters. The molecule has 1 rings (SSSR count). The lowest BCUT2D eigenvalue weighted by Crippen LogP contribution is -2.01. The van der Waals surface area contributed by atoms with E-state index in [-0.39, 0.29) is 0 Å². The van der Waals surface area contributed by atoms with E-state index in [0.29, 0.717) is 0 Å². The van der Waals surface area contributed by atoms with Crippen molar-refractivity contribution >= 4 is 0 Å². The van der Waals surface area contributed by atoms with Crippen LogP contribution in [0.1, 0.15) is 64.1 Å². The number of hydrogen-bond donors (Lipinski definition) is 0. The Labute approximate surface area is 101 Å². The second kappa shape index (κ2) is 7.54. The molecule has 1 nitrogen and oxygen atoms in total. The van der Waals surface area contributed by atoms with Crippen LogP contribution in [0.3, 0.4) is 0 Å². The van der Waals surface area contributed by atoms with Crippen molar-refractivity contribution in [1.82, 2.24) is 4.57 Å². The van der Waals surface area contributed by atoms with Crippen LogP contribution in [0.4, 0.5) is 0 Å². The quantitative estimate of drug-likeness (QED) is 0.566. The van der Waals surface area contributed by atoms with Crippen LogP contribution in [0.15, 0.2) is 12.3 Å². The van der Waals surface area contributed by atoms with Gasteiger partial charge in [0.2, 0.25) is 0 Å². The minimum absolute atomic E-state index is 1.17. The predicted molar refractivity (Wildman–Crippen MR) is 71.9 cm³/mol. The molecule has 0 aliphatic rings. The maximum absolute atomic E-state index is 2.48. The molecule has 0 saturated heterocycles. The average molecular weight is 221 g/mol.